The number of methoxy groups -OCH3 is 1. The monoisotopic (exact) mass is 1540 g/mol. The highest BCUT2D eigenvalue weighted by molar-refractivity contribution is 14.1. The Kier molecular flexibility index (Phi) is 32.9. The van der Waals surface area contributed by atoms with E-state index in [9.17, 15) is 33.6 Å². The Morgan fingerprint density at radius 3 is 1.78 bits per heavy atom. The van der Waals surface area contributed by atoms with Gasteiger partial charge in [-0.25, -0.2) is 0 Å². The van der Waals surface area contributed by atoms with E-state index >= 15 is 28.8 Å². The van der Waals surface area contributed by atoms with E-state index in [2.05, 4.69) is 43.9 Å². The molecule has 0 aromatic heterocycles. The molecule has 566 valence electrons. The Morgan fingerprint density at radius 1 is 0.608 bits per heavy atom. The van der Waals surface area contributed by atoms with Crippen molar-refractivity contribution in [3.63, 3.8) is 0 Å². The van der Waals surface area contributed by atoms with Gasteiger partial charge in [0.1, 0.15) is 66.2 Å². The van der Waals surface area contributed by atoms with Gasteiger partial charge in [0, 0.05) is 98.8 Å². The first kappa shape index (κ1) is 84.7. The number of unbranched alkanes of at least 4 members (excludes halogenated alkanes) is 1. The van der Waals surface area contributed by atoms with Crippen molar-refractivity contribution in [2.75, 3.05) is 89.7 Å². The largest absolute Gasteiger partial charge is 0.497 e. The second-order valence-electron chi connectivity index (χ2n) is 28.9. The lowest BCUT2D eigenvalue weighted by Crippen LogP contribution is -2.65. The van der Waals surface area contributed by atoms with Crippen LogP contribution in [0.2, 0.25) is 0 Å². The molecule has 0 aliphatic carbocycles. The number of halogens is 1. The number of fused-ring (bicyclic) bond motifs is 1. The fraction of sp³-hybridized carbons (Fsp3) is 0.662. The van der Waals surface area contributed by atoms with Crippen molar-refractivity contribution in [1.82, 2.24) is 65.4 Å². The van der Waals surface area contributed by atoms with Crippen LogP contribution in [0.5, 0.6) is 5.75 Å². The average Bonchev–Trinajstić information content (AvgIpc) is 0.782. The fourth-order valence-corrected chi connectivity index (χ4v) is 13.7. The second kappa shape index (κ2) is 39.7. The van der Waals surface area contributed by atoms with Gasteiger partial charge in [-0.05, 0) is 134 Å². The predicted molar refractivity (Wildman–Crippen MR) is 394 cm³/mol. The van der Waals surface area contributed by atoms with E-state index in [1.807, 2.05) is 53.7 Å². The van der Waals surface area contributed by atoms with Crippen molar-refractivity contribution >= 4 is 99.4 Å². The normalized spacial score (nSPS) is 25.0. The lowest BCUT2D eigenvalue weighted by atomic mass is 9.95. The minimum Gasteiger partial charge on any atom is -0.497 e. The van der Waals surface area contributed by atoms with Gasteiger partial charge in [0.25, 0.3) is 0 Å². The van der Waals surface area contributed by atoms with Gasteiger partial charge >= 0.3 is 0 Å². The Labute approximate surface area is 617 Å². The van der Waals surface area contributed by atoms with Crippen molar-refractivity contribution in [3.05, 3.63) is 63.2 Å². The molecule has 0 saturated carbocycles. The van der Waals surface area contributed by atoms with Crippen LogP contribution >= 0.6 is 22.6 Å². The van der Waals surface area contributed by atoms with Crippen LogP contribution in [0.4, 0.5) is 0 Å². The molecule has 0 bridgehead atoms. The first-order valence-electron chi connectivity index (χ1n) is 36.0. The maximum Gasteiger partial charge on any atom is 0.245 e. The van der Waals surface area contributed by atoms with Crippen molar-refractivity contribution in [2.45, 2.75) is 212 Å². The summed E-state index contributed by atoms with van der Waals surface area (Å²) in [6.45, 7) is 14.6. The van der Waals surface area contributed by atoms with Crippen LogP contribution in [0.15, 0.2) is 48.5 Å². The number of ether oxygens (including phenoxy) is 1. The molecule has 2 aromatic carbocycles. The van der Waals surface area contributed by atoms with E-state index in [0.29, 0.717) is 62.1 Å². The molecule has 0 spiro atoms. The Hall–Kier alpha value is -7.92. The van der Waals surface area contributed by atoms with Crippen LogP contribution in [0.25, 0.3) is 0 Å². The third kappa shape index (κ3) is 23.0. The van der Waals surface area contributed by atoms with Gasteiger partial charge < -0.3 is 70.1 Å². The van der Waals surface area contributed by atoms with Crippen molar-refractivity contribution in [2.24, 2.45) is 17.8 Å². The number of piperidine rings is 1. The van der Waals surface area contributed by atoms with Crippen LogP contribution < -0.4 is 26.0 Å². The average molecular weight is 1540 g/mol. The summed E-state index contributed by atoms with van der Waals surface area (Å²) in [5.41, 5.74) is 1.27. The molecule has 3 fully saturated rings. The lowest BCUT2D eigenvalue weighted by molar-refractivity contribution is -0.160. The molecular formula is C74H114IN13O14. The number of likely N-dealkylation sites (N-methyl/N-ethyl adjacent to an activating group) is 6. The number of carbonyl (C=O) groups is 13. The highest BCUT2D eigenvalue weighted by Crippen LogP contribution is 2.27. The zero-order valence-electron chi connectivity index (χ0n) is 63.2. The molecule has 3 heterocycles. The Balaban J connectivity index is 1.68. The third-order valence-corrected chi connectivity index (χ3v) is 20.8. The maximum absolute atomic E-state index is 15.4. The fourth-order valence-electron chi connectivity index (χ4n) is 13.1. The number of nitrogens with one attached hydrogen (secondary N) is 4. The van der Waals surface area contributed by atoms with Gasteiger partial charge in [-0.2, -0.15) is 0 Å². The van der Waals surface area contributed by atoms with E-state index < -0.39 is 150 Å². The zero-order chi connectivity index (χ0) is 76.1. The Morgan fingerprint density at radius 2 is 1.22 bits per heavy atom. The Bertz CT molecular complexity index is 3270. The van der Waals surface area contributed by atoms with Gasteiger partial charge in [0.2, 0.25) is 76.8 Å². The molecule has 0 radical (unpaired) electrons. The SMILES string of the molecule is CCCC[C@@H]1NC(=O)[C@H](Cc2cccc(I)c2)NC(=O)CN(C)C(=O)[C@H](Cc2ccc(OC)cc2)N(C)C(=O)C2CCN2C(=O)[C@H](C)N(C)C(=O)[C@H]([C@@H](C)CC)NC(=O)[C@H](CC(C)C)N(C)C(=O)C[C@@H](C(=O)N2CCCCC2)N(C)C(=O)[C@H](CC(C)C)NC(=O)[C@H](CCC(=O)N(C)C)N(C)C1=O. The summed E-state index contributed by atoms with van der Waals surface area (Å²) in [6, 6.07) is 1.26. The van der Waals surface area contributed by atoms with Gasteiger partial charge in [-0.3, -0.25) is 62.3 Å². The van der Waals surface area contributed by atoms with E-state index in [0.717, 1.165) is 24.7 Å². The van der Waals surface area contributed by atoms with Gasteiger partial charge in [0.15, 0.2) is 0 Å². The summed E-state index contributed by atoms with van der Waals surface area (Å²) in [7, 11) is 13.0. The minimum atomic E-state index is -1.45. The molecular weight excluding hydrogens is 1420 g/mol. The van der Waals surface area contributed by atoms with Gasteiger partial charge in [0.05, 0.1) is 20.1 Å². The first-order chi connectivity index (χ1) is 48.1. The lowest BCUT2D eigenvalue weighted by Gasteiger charge is -2.45. The summed E-state index contributed by atoms with van der Waals surface area (Å²) in [6.07, 6.45) is 2.84. The summed E-state index contributed by atoms with van der Waals surface area (Å²) in [5.74, 6) is -8.95. The van der Waals surface area contributed by atoms with Crippen LogP contribution in [0.3, 0.4) is 0 Å². The number of likely N-dealkylation sites (tertiary alicyclic amines) is 1. The minimum absolute atomic E-state index is 0.0235. The number of rotatable bonds is 18. The third-order valence-electron chi connectivity index (χ3n) is 20.1. The summed E-state index contributed by atoms with van der Waals surface area (Å²) >= 11 is 2.13. The molecule has 4 N–H and O–H groups in total. The zero-order valence-corrected chi connectivity index (χ0v) is 65.3. The van der Waals surface area contributed by atoms with E-state index in [-0.39, 0.29) is 75.7 Å². The molecule has 2 aromatic rings. The van der Waals surface area contributed by atoms with Gasteiger partial charge in [-0.15, -0.1) is 0 Å². The quantitative estimate of drug-likeness (QED) is 0.154. The molecule has 1 unspecified atom stereocenters. The van der Waals surface area contributed by atoms with Crippen LogP contribution in [0.1, 0.15) is 150 Å². The highest BCUT2D eigenvalue weighted by atomic mass is 127. The topological polar surface area (TPSA) is 308 Å². The molecule has 3 saturated heterocycles. The van der Waals surface area contributed by atoms with E-state index in [1.165, 1.54) is 80.8 Å². The summed E-state index contributed by atoms with van der Waals surface area (Å²) < 4.78 is 6.22. The first-order valence-corrected chi connectivity index (χ1v) is 37.1. The van der Waals surface area contributed by atoms with Crippen LogP contribution in [-0.2, 0) is 75.2 Å². The number of hydrogen-bond acceptors (Lipinski definition) is 14. The molecule has 13 amide bonds. The smallest absolute Gasteiger partial charge is 0.245 e. The number of benzene rings is 2. The number of carbonyl (C=O) groups excluding carboxylic acids is 13. The van der Waals surface area contributed by atoms with Gasteiger partial charge in [-0.1, -0.05) is 92.0 Å². The molecule has 11 atom stereocenters. The molecule has 28 heteroatoms. The molecule has 3 aliphatic heterocycles. The molecule has 5 rings (SSSR count). The number of hydrogen-bond donors (Lipinski definition) is 4. The molecule has 102 heavy (non-hydrogen) atoms. The van der Waals surface area contributed by atoms with Crippen LogP contribution in [-0.4, -0.2) is 271 Å². The maximum atomic E-state index is 15.4. The molecule has 27 nitrogen and oxygen atoms in total. The van der Waals surface area contributed by atoms with Crippen LogP contribution in [0, 0.1) is 21.3 Å². The number of amides is 13. The molecule has 3 aliphatic rings. The summed E-state index contributed by atoms with van der Waals surface area (Å²) in [4.78, 5) is 205. The van der Waals surface area contributed by atoms with Crippen molar-refractivity contribution in [1.29, 1.82) is 0 Å². The van der Waals surface area contributed by atoms with Crippen molar-refractivity contribution in [3.8, 4) is 5.75 Å². The van der Waals surface area contributed by atoms with E-state index in [1.54, 1.807) is 62.3 Å². The number of nitrogens with zero attached hydrogens (tertiary/aromatic N) is 9. The standard InChI is InChI=1S/C74H114IN13O14/c1-18-20-27-53-69(96)84(14)56(32-33-62(90)80(9)10)66(93)78-55(38-45(3)4)70(97)85(15)60(73(100)87-35-22-21-23-36-87)43-63(91)83(13)58(39-46(5)6)67(94)79-64(47(7)19-2)74(101)82(12)48(8)68(95)88-37-34-57(88)72(99)86(16)59(42-49-28-30-52(102-17)31-29-49)71(98)81(11)44-61(89)76-54(65(92)77-53)41-50-25-24-26-51(75)40-50/h24-26,28-31,40,45-48,53-60,64H,18-23,27,32-39,41-44H2,1-17H3,(H,76,89)(H,77,92)(H,78,93)(H,79,94)/t47-,48-,53-,54-,55-,56-,57?,58-,59-,60-,64-/m0/s1. The highest BCUT2D eigenvalue weighted by Gasteiger charge is 2.47. The van der Waals surface area contributed by atoms with E-state index in [4.69, 9.17) is 4.74 Å². The second-order valence-corrected chi connectivity index (χ2v) is 30.1. The summed E-state index contributed by atoms with van der Waals surface area (Å²) in [5, 5.41) is 11.5. The predicted octanol–water partition coefficient (Wildman–Crippen LogP) is 3.85. The van der Waals surface area contributed by atoms with Crippen molar-refractivity contribution < 1.29 is 67.1 Å².